The van der Waals surface area contributed by atoms with Crippen LogP contribution in [-0.2, 0) is 4.74 Å². The minimum Gasteiger partial charge on any atom is -0.366 e. The molecule has 13 heavy (non-hydrogen) atoms. The van der Waals surface area contributed by atoms with Crippen molar-refractivity contribution >= 4 is 0 Å². The Labute approximate surface area is 80.6 Å². The molecule has 0 aromatic carbocycles. The third kappa shape index (κ3) is 5.06. The molecule has 1 aliphatic rings. The molecule has 1 heterocycles. The highest BCUT2D eigenvalue weighted by Gasteiger charge is 2.35. The molecule has 2 heteroatoms. The van der Waals surface area contributed by atoms with Crippen molar-refractivity contribution in [3.63, 3.8) is 0 Å². The van der Waals surface area contributed by atoms with Gasteiger partial charge in [0, 0.05) is 0 Å². The second-order valence-corrected chi connectivity index (χ2v) is 3.61. The number of hydrogen-bond acceptors (Lipinski definition) is 2. The van der Waals surface area contributed by atoms with Gasteiger partial charge in [-0.3, -0.25) is 0 Å². The van der Waals surface area contributed by atoms with Gasteiger partial charge in [0.25, 0.3) is 0 Å². The number of hydrogen-bond donors (Lipinski definition) is 1. The largest absolute Gasteiger partial charge is 0.366 e. The summed E-state index contributed by atoms with van der Waals surface area (Å²) in [6.45, 7) is 2.22. The quantitative estimate of drug-likeness (QED) is 0.375. The molecule has 0 saturated carbocycles. The van der Waals surface area contributed by atoms with Gasteiger partial charge in [0.1, 0.15) is 6.10 Å². The molecule has 0 radical (unpaired) electrons. The van der Waals surface area contributed by atoms with Gasteiger partial charge in [-0.05, 0) is 25.7 Å². The predicted molar refractivity (Wildman–Crippen MR) is 53.4 cm³/mol. The number of unbranched alkanes of at least 4 members (excludes halogenated alkanes) is 3. The van der Waals surface area contributed by atoms with Crippen molar-refractivity contribution in [1.29, 1.82) is 0 Å². The van der Waals surface area contributed by atoms with Crippen LogP contribution in [-0.4, -0.2) is 17.5 Å². The Bertz CT molecular complexity index is 154. The number of aliphatic hydroxyl groups excluding tert-OH is 1. The maximum Gasteiger partial charge on any atom is 0.181 e. The van der Waals surface area contributed by atoms with Gasteiger partial charge in [-0.1, -0.05) is 31.9 Å². The molecule has 2 nitrogen and oxygen atoms in total. The van der Waals surface area contributed by atoms with Gasteiger partial charge >= 0.3 is 0 Å². The summed E-state index contributed by atoms with van der Waals surface area (Å²) in [6.07, 6.45) is 11.2. The van der Waals surface area contributed by atoms with E-state index >= 15 is 0 Å². The zero-order chi connectivity index (χ0) is 9.52. The van der Waals surface area contributed by atoms with Crippen molar-refractivity contribution in [3.05, 3.63) is 12.2 Å². The molecular weight excluding hydrogens is 164 g/mol. The SMILES string of the molecule is CCCCC/C=C\CC[C@@H]1OC1O. The number of epoxide rings is 1. The lowest BCUT2D eigenvalue weighted by atomic mass is 10.1. The molecule has 0 spiro atoms. The van der Waals surface area contributed by atoms with Gasteiger partial charge in [0.15, 0.2) is 6.29 Å². The van der Waals surface area contributed by atoms with Crippen molar-refractivity contribution in [2.75, 3.05) is 0 Å². The van der Waals surface area contributed by atoms with E-state index in [-0.39, 0.29) is 6.10 Å². The molecule has 0 bridgehead atoms. The first-order chi connectivity index (χ1) is 6.34. The van der Waals surface area contributed by atoms with Gasteiger partial charge < -0.3 is 9.84 Å². The highest BCUT2D eigenvalue weighted by molar-refractivity contribution is 4.85. The monoisotopic (exact) mass is 184 g/mol. The Kier molecular flexibility index (Phi) is 5.09. The molecule has 1 saturated heterocycles. The van der Waals surface area contributed by atoms with Crippen molar-refractivity contribution in [2.45, 2.75) is 57.8 Å². The molecule has 1 aliphatic heterocycles. The van der Waals surface area contributed by atoms with Gasteiger partial charge in [-0.15, -0.1) is 0 Å². The normalized spacial score (nSPS) is 26.9. The zero-order valence-corrected chi connectivity index (χ0v) is 8.41. The van der Waals surface area contributed by atoms with Crippen molar-refractivity contribution in [1.82, 2.24) is 0 Å². The van der Waals surface area contributed by atoms with Crippen LogP contribution < -0.4 is 0 Å². The third-order valence-corrected chi connectivity index (χ3v) is 2.31. The smallest absolute Gasteiger partial charge is 0.181 e. The standard InChI is InChI=1S/C11H20O2/c1-2-3-4-5-6-7-8-9-10-11(12)13-10/h6-7,10-12H,2-5,8-9H2,1H3/b7-6-/t10-,11?/m0/s1. The first kappa shape index (κ1) is 10.7. The number of allylic oxidation sites excluding steroid dienone is 2. The van der Waals surface area contributed by atoms with Crippen molar-refractivity contribution < 1.29 is 9.84 Å². The summed E-state index contributed by atoms with van der Waals surface area (Å²) < 4.78 is 4.88. The molecule has 1 N–H and O–H groups in total. The lowest BCUT2D eigenvalue weighted by Gasteiger charge is -1.91. The Morgan fingerprint density at radius 3 is 2.54 bits per heavy atom. The van der Waals surface area contributed by atoms with Crippen LogP contribution >= 0.6 is 0 Å². The fourth-order valence-electron chi connectivity index (χ4n) is 1.35. The molecule has 0 aromatic rings. The molecule has 1 unspecified atom stereocenters. The van der Waals surface area contributed by atoms with Crippen molar-refractivity contribution in [2.24, 2.45) is 0 Å². The Morgan fingerprint density at radius 1 is 1.23 bits per heavy atom. The average Bonchev–Trinajstić information content (AvgIpc) is 2.81. The van der Waals surface area contributed by atoms with Crippen LogP contribution in [0.5, 0.6) is 0 Å². The summed E-state index contributed by atoms with van der Waals surface area (Å²) in [5.74, 6) is 0. The second kappa shape index (κ2) is 6.17. The summed E-state index contributed by atoms with van der Waals surface area (Å²) in [6, 6.07) is 0. The predicted octanol–water partition coefficient (Wildman–Crippen LogP) is 2.62. The zero-order valence-electron chi connectivity index (χ0n) is 8.41. The third-order valence-electron chi connectivity index (χ3n) is 2.31. The summed E-state index contributed by atoms with van der Waals surface area (Å²) in [7, 11) is 0. The number of aliphatic hydroxyl groups is 1. The van der Waals surface area contributed by atoms with Gasteiger partial charge in [0.2, 0.25) is 0 Å². The molecule has 0 aromatic heterocycles. The van der Waals surface area contributed by atoms with Gasteiger partial charge in [-0.2, -0.15) is 0 Å². The molecular formula is C11H20O2. The van der Waals surface area contributed by atoms with E-state index in [0.29, 0.717) is 0 Å². The van der Waals surface area contributed by atoms with E-state index in [4.69, 9.17) is 9.84 Å². The fourth-order valence-corrected chi connectivity index (χ4v) is 1.35. The first-order valence-electron chi connectivity index (χ1n) is 5.33. The highest BCUT2D eigenvalue weighted by atomic mass is 16.7. The molecule has 0 amide bonds. The molecule has 1 fully saturated rings. The fraction of sp³-hybridized carbons (Fsp3) is 0.818. The van der Waals surface area contributed by atoms with E-state index in [2.05, 4.69) is 19.1 Å². The number of rotatable bonds is 7. The average molecular weight is 184 g/mol. The Hall–Kier alpha value is -0.340. The van der Waals surface area contributed by atoms with Crippen LogP contribution in [0.1, 0.15) is 45.4 Å². The molecule has 2 atom stereocenters. The summed E-state index contributed by atoms with van der Waals surface area (Å²) in [5, 5.41) is 8.85. The molecule has 0 aliphatic carbocycles. The second-order valence-electron chi connectivity index (χ2n) is 3.61. The van der Waals surface area contributed by atoms with Crippen molar-refractivity contribution in [3.8, 4) is 0 Å². The van der Waals surface area contributed by atoms with Crippen LogP contribution in [0.2, 0.25) is 0 Å². The van der Waals surface area contributed by atoms with E-state index in [9.17, 15) is 0 Å². The van der Waals surface area contributed by atoms with E-state index < -0.39 is 6.29 Å². The Balaban J connectivity index is 1.81. The minimum atomic E-state index is -0.464. The molecule has 1 rings (SSSR count). The minimum absolute atomic E-state index is 0.125. The van der Waals surface area contributed by atoms with Gasteiger partial charge in [0.05, 0.1) is 0 Å². The van der Waals surface area contributed by atoms with Crippen LogP contribution in [0.25, 0.3) is 0 Å². The van der Waals surface area contributed by atoms with Crippen LogP contribution in [0.4, 0.5) is 0 Å². The maximum absolute atomic E-state index is 8.85. The molecule has 76 valence electrons. The first-order valence-corrected chi connectivity index (χ1v) is 5.33. The van der Waals surface area contributed by atoms with Crippen LogP contribution in [0.15, 0.2) is 12.2 Å². The van der Waals surface area contributed by atoms with E-state index in [1.54, 1.807) is 0 Å². The van der Waals surface area contributed by atoms with Crippen LogP contribution in [0, 0.1) is 0 Å². The summed E-state index contributed by atoms with van der Waals surface area (Å²) in [5.41, 5.74) is 0. The lowest BCUT2D eigenvalue weighted by molar-refractivity contribution is 0.156. The topological polar surface area (TPSA) is 32.8 Å². The van der Waals surface area contributed by atoms with Crippen LogP contribution in [0.3, 0.4) is 0 Å². The summed E-state index contributed by atoms with van der Waals surface area (Å²) in [4.78, 5) is 0. The lowest BCUT2D eigenvalue weighted by Crippen LogP contribution is -1.89. The van der Waals surface area contributed by atoms with E-state index in [0.717, 1.165) is 12.8 Å². The Morgan fingerprint density at radius 2 is 1.92 bits per heavy atom. The number of ether oxygens (including phenoxy) is 1. The van der Waals surface area contributed by atoms with E-state index in [1.165, 1.54) is 25.7 Å². The summed E-state index contributed by atoms with van der Waals surface area (Å²) >= 11 is 0. The maximum atomic E-state index is 8.85. The van der Waals surface area contributed by atoms with E-state index in [1.807, 2.05) is 0 Å². The van der Waals surface area contributed by atoms with Gasteiger partial charge in [-0.25, -0.2) is 0 Å². The highest BCUT2D eigenvalue weighted by Crippen LogP contribution is 2.23.